The molecule has 7 nitrogen and oxygen atoms in total. The lowest BCUT2D eigenvalue weighted by Gasteiger charge is -2.10. The first kappa shape index (κ1) is 15.8. The number of methoxy groups -OCH3 is 1. The number of hydrogen-bond acceptors (Lipinski definition) is 7. The van der Waals surface area contributed by atoms with Crippen LogP contribution in [0.15, 0.2) is 54.9 Å². The molecule has 0 aliphatic heterocycles. The van der Waals surface area contributed by atoms with Crippen LogP contribution in [0.25, 0.3) is 11.4 Å². The number of nitrogens with zero attached hydrogens (tertiary/aromatic N) is 4. The van der Waals surface area contributed by atoms with E-state index in [1.54, 1.807) is 19.5 Å². The molecular weight excluding hydrogens is 304 g/mol. The zero-order valence-electron chi connectivity index (χ0n) is 13.3. The van der Waals surface area contributed by atoms with Gasteiger partial charge in [0.05, 0.1) is 6.61 Å². The third-order valence-corrected chi connectivity index (χ3v) is 3.19. The molecule has 0 saturated heterocycles. The maximum Gasteiger partial charge on any atom is 0.232 e. The Kier molecular flexibility index (Phi) is 5.26. The quantitative estimate of drug-likeness (QED) is 0.647. The van der Waals surface area contributed by atoms with Gasteiger partial charge in [0, 0.05) is 37.3 Å². The van der Waals surface area contributed by atoms with Crippen LogP contribution in [-0.2, 0) is 4.74 Å². The largest absolute Gasteiger partial charge is 0.383 e. The summed E-state index contributed by atoms with van der Waals surface area (Å²) in [5, 5.41) is 6.31. The first-order chi connectivity index (χ1) is 11.8. The van der Waals surface area contributed by atoms with Crippen LogP contribution in [0.5, 0.6) is 0 Å². The highest BCUT2D eigenvalue weighted by atomic mass is 16.5. The smallest absolute Gasteiger partial charge is 0.232 e. The molecule has 3 rings (SSSR count). The summed E-state index contributed by atoms with van der Waals surface area (Å²) in [5.41, 5.74) is 1.78. The van der Waals surface area contributed by atoms with Gasteiger partial charge in [0.1, 0.15) is 0 Å². The Morgan fingerprint density at radius 2 is 1.67 bits per heavy atom. The minimum Gasteiger partial charge on any atom is -0.383 e. The Labute approximate surface area is 140 Å². The molecule has 0 radical (unpaired) electrons. The van der Waals surface area contributed by atoms with E-state index in [9.17, 15) is 0 Å². The van der Waals surface area contributed by atoms with Gasteiger partial charge in [-0.15, -0.1) is 0 Å². The summed E-state index contributed by atoms with van der Waals surface area (Å²) >= 11 is 0. The van der Waals surface area contributed by atoms with Crippen molar-refractivity contribution in [2.45, 2.75) is 0 Å². The Morgan fingerprint density at radius 3 is 2.42 bits per heavy atom. The zero-order valence-corrected chi connectivity index (χ0v) is 13.3. The SMILES string of the molecule is COCCNc1nc(Nc2ccncc2)nc(-c2ccccc2)n1. The summed E-state index contributed by atoms with van der Waals surface area (Å²) in [6.45, 7) is 1.18. The van der Waals surface area contributed by atoms with E-state index in [1.165, 1.54) is 0 Å². The molecule has 122 valence electrons. The van der Waals surface area contributed by atoms with Crippen molar-refractivity contribution >= 4 is 17.6 Å². The molecule has 0 spiro atoms. The number of pyridine rings is 1. The fourth-order valence-corrected chi connectivity index (χ4v) is 2.06. The van der Waals surface area contributed by atoms with Crippen molar-refractivity contribution in [3.63, 3.8) is 0 Å². The number of ether oxygens (including phenoxy) is 1. The Bertz CT molecular complexity index is 767. The second kappa shape index (κ2) is 7.98. The van der Waals surface area contributed by atoms with Crippen molar-refractivity contribution in [3.05, 3.63) is 54.9 Å². The fourth-order valence-electron chi connectivity index (χ4n) is 2.06. The topological polar surface area (TPSA) is 84.9 Å². The second-order valence-electron chi connectivity index (χ2n) is 4.95. The average molecular weight is 322 g/mol. The summed E-state index contributed by atoms with van der Waals surface area (Å²) in [5.74, 6) is 1.56. The summed E-state index contributed by atoms with van der Waals surface area (Å²) < 4.78 is 5.05. The predicted molar refractivity (Wildman–Crippen MR) is 93.1 cm³/mol. The van der Waals surface area contributed by atoms with Gasteiger partial charge in [0.15, 0.2) is 5.82 Å². The van der Waals surface area contributed by atoms with E-state index >= 15 is 0 Å². The van der Waals surface area contributed by atoms with Gasteiger partial charge >= 0.3 is 0 Å². The molecule has 0 bridgehead atoms. The van der Waals surface area contributed by atoms with Gasteiger partial charge < -0.3 is 15.4 Å². The van der Waals surface area contributed by atoms with Crippen LogP contribution in [0.2, 0.25) is 0 Å². The molecule has 0 unspecified atom stereocenters. The van der Waals surface area contributed by atoms with Crippen LogP contribution in [0.4, 0.5) is 17.6 Å². The molecule has 1 aromatic carbocycles. The van der Waals surface area contributed by atoms with E-state index in [0.717, 1.165) is 11.3 Å². The summed E-state index contributed by atoms with van der Waals surface area (Å²) in [7, 11) is 1.65. The lowest BCUT2D eigenvalue weighted by atomic mass is 10.2. The minimum absolute atomic E-state index is 0.468. The molecule has 7 heteroatoms. The van der Waals surface area contributed by atoms with E-state index in [1.807, 2.05) is 42.5 Å². The lowest BCUT2D eigenvalue weighted by Crippen LogP contribution is -2.12. The third-order valence-electron chi connectivity index (χ3n) is 3.19. The van der Waals surface area contributed by atoms with Gasteiger partial charge in [-0.3, -0.25) is 4.98 Å². The zero-order chi connectivity index (χ0) is 16.6. The molecule has 0 aliphatic rings. The predicted octanol–water partition coefficient (Wildman–Crippen LogP) is 2.74. The molecule has 0 atom stereocenters. The third kappa shape index (κ3) is 4.23. The number of anilines is 3. The average Bonchev–Trinajstić information content (AvgIpc) is 2.63. The monoisotopic (exact) mass is 322 g/mol. The Balaban J connectivity index is 1.90. The van der Waals surface area contributed by atoms with Gasteiger partial charge in [-0.25, -0.2) is 0 Å². The van der Waals surface area contributed by atoms with E-state index in [2.05, 4.69) is 30.6 Å². The van der Waals surface area contributed by atoms with Gasteiger partial charge in [0.2, 0.25) is 11.9 Å². The van der Waals surface area contributed by atoms with Crippen LogP contribution in [-0.4, -0.2) is 40.2 Å². The standard InChI is InChI=1S/C17H18N6O/c1-24-12-11-19-16-21-15(13-5-3-2-4-6-13)22-17(23-16)20-14-7-9-18-10-8-14/h2-10H,11-12H2,1H3,(H2,18,19,20,21,22,23). The van der Waals surface area contributed by atoms with E-state index in [-0.39, 0.29) is 0 Å². The van der Waals surface area contributed by atoms with Crippen LogP contribution < -0.4 is 10.6 Å². The Hall–Kier alpha value is -3.06. The molecule has 0 fully saturated rings. The first-order valence-corrected chi connectivity index (χ1v) is 7.56. The van der Waals surface area contributed by atoms with Gasteiger partial charge in [-0.2, -0.15) is 15.0 Å². The van der Waals surface area contributed by atoms with Crippen LogP contribution in [0, 0.1) is 0 Å². The van der Waals surface area contributed by atoms with Crippen molar-refractivity contribution < 1.29 is 4.74 Å². The van der Waals surface area contributed by atoms with Crippen molar-refractivity contribution in [2.24, 2.45) is 0 Å². The highest BCUT2D eigenvalue weighted by Gasteiger charge is 2.08. The lowest BCUT2D eigenvalue weighted by molar-refractivity contribution is 0.210. The van der Waals surface area contributed by atoms with Crippen molar-refractivity contribution in [1.29, 1.82) is 0 Å². The Morgan fingerprint density at radius 1 is 0.917 bits per heavy atom. The number of hydrogen-bond donors (Lipinski definition) is 2. The van der Waals surface area contributed by atoms with Crippen LogP contribution in [0.1, 0.15) is 0 Å². The number of nitrogens with one attached hydrogen (secondary N) is 2. The van der Waals surface area contributed by atoms with Gasteiger partial charge in [-0.1, -0.05) is 30.3 Å². The molecule has 2 heterocycles. The number of benzene rings is 1. The summed E-state index contributed by atoms with van der Waals surface area (Å²) in [6.07, 6.45) is 3.42. The molecule has 2 N–H and O–H groups in total. The normalized spacial score (nSPS) is 10.4. The van der Waals surface area contributed by atoms with Crippen molar-refractivity contribution in [2.75, 3.05) is 30.9 Å². The maximum atomic E-state index is 5.05. The highest BCUT2D eigenvalue weighted by molar-refractivity contribution is 5.60. The molecule has 0 aliphatic carbocycles. The van der Waals surface area contributed by atoms with Crippen molar-refractivity contribution in [3.8, 4) is 11.4 Å². The van der Waals surface area contributed by atoms with Crippen LogP contribution >= 0.6 is 0 Å². The van der Waals surface area contributed by atoms with E-state index < -0.39 is 0 Å². The van der Waals surface area contributed by atoms with Gasteiger partial charge in [0.25, 0.3) is 0 Å². The summed E-state index contributed by atoms with van der Waals surface area (Å²) in [4.78, 5) is 17.4. The maximum absolute atomic E-state index is 5.05. The molecule has 24 heavy (non-hydrogen) atoms. The van der Waals surface area contributed by atoms with Crippen LogP contribution in [0.3, 0.4) is 0 Å². The second-order valence-corrected chi connectivity index (χ2v) is 4.95. The molecule has 0 saturated carbocycles. The molecular formula is C17H18N6O. The first-order valence-electron chi connectivity index (χ1n) is 7.56. The highest BCUT2D eigenvalue weighted by Crippen LogP contribution is 2.19. The minimum atomic E-state index is 0.468. The molecule has 2 aromatic heterocycles. The van der Waals surface area contributed by atoms with E-state index in [4.69, 9.17) is 4.74 Å². The number of aromatic nitrogens is 4. The van der Waals surface area contributed by atoms with Crippen molar-refractivity contribution in [1.82, 2.24) is 19.9 Å². The fraction of sp³-hybridized carbons (Fsp3) is 0.176. The molecule has 0 amide bonds. The summed E-state index contributed by atoms with van der Waals surface area (Å²) in [6, 6.07) is 13.5. The van der Waals surface area contributed by atoms with E-state index in [0.29, 0.717) is 30.9 Å². The molecule has 3 aromatic rings. The number of rotatable bonds is 7. The van der Waals surface area contributed by atoms with Gasteiger partial charge in [-0.05, 0) is 12.1 Å².